The van der Waals surface area contributed by atoms with Gasteiger partial charge in [0, 0.05) is 12.2 Å². The molecule has 3 N–H and O–H groups in total. The highest BCUT2D eigenvalue weighted by atomic mass is 35.5. The number of benzene rings is 1. The van der Waals surface area contributed by atoms with E-state index in [1.807, 2.05) is 25.1 Å². The van der Waals surface area contributed by atoms with Crippen molar-refractivity contribution in [1.29, 1.82) is 0 Å². The van der Waals surface area contributed by atoms with E-state index < -0.39 is 5.41 Å². The molecule has 3 rings (SSSR count). The lowest BCUT2D eigenvalue weighted by atomic mass is 9.84. The molecule has 0 atom stereocenters. The lowest BCUT2D eigenvalue weighted by molar-refractivity contribution is -0.126. The summed E-state index contributed by atoms with van der Waals surface area (Å²) in [7, 11) is 0. The van der Waals surface area contributed by atoms with Crippen LogP contribution in [0.25, 0.3) is 0 Å². The molecule has 6 heteroatoms. The highest BCUT2D eigenvalue weighted by Crippen LogP contribution is 2.38. The van der Waals surface area contributed by atoms with Crippen LogP contribution < -0.4 is 16.0 Å². The number of carbonyl (C=O) groups excluding carboxylic acids is 2. The summed E-state index contributed by atoms with van der Waals surface area (Å²) >= 11 is 0. The minimum absolute atomic E-state index is 0. The van der Waals surface area contributed by atoms with Crippen LogP contribution in [-0.4, -0.2) is 31.4 Å². The van der Waals surface area contributed by atoms with Gasteiger partial charge in [-0.1, -0.05) is 18.9 Å². The number of hydrogen-bond acceptors (Lipinski definition) is 3. The van der Waals surface area contributed by atoms with Crippen LogP contribution in [0.3, 0.4) is 0 Å². The van der Waals surface area contributed by atoms with E-state index in [0.29, 0.717) is 13.1 Å². The topological polar surface area (TPSA) is 70.2 Å². The van der Waals surface area contributed by atoms with Gasteiger partial charge in [0.2, 0.25) is 11.8 Å². The van der Waals surface area contributed by atoms with Gasteiger partial charge in [0.15, 0.2) is 0 Å². The van der Waals surface area contributed by atoms with Gasteiger partial charge in [-0.15, -0.1) is 12.4 Å². The van der Waals surface area contributed by atoms with E-state index in [1.54, 1.807) is 0 Å². The average molecular weight is 394 g/mol. The molecule has 5 nitrogen and oxygen atoms in total. The van der Waals surface area contributed by atoms with Crippen LogP contribution in [0.5, 0.6) is 0 Å². The molecule has 2 fully saturated rings. The molecule has 27 heavy (non-hydrogen) atoms. The summed E-state index contributed by atoms with van der Waals surface area (Å²) < 4.78 is 0. The number of aryl methyl sites for hydroxylation is 2. The number of carbonyl (C=O) groups is 2. The number of rotatable bonds is 8. The standard InChI is InChI=1S/C21H31N3O2.ClH/c1-15-5-8-18(11-16(15)2)24-20(26)21(9-3-4-10-21)14-23-19(25)13-22-12-17-6-7-17;/h5,8,11,17,22H,3-4,6-7,9-10,12-14H2,1-2H3,(H,23,25)(H,24,26);1H. The quantitative estimate of drug-likeness (QED) is 0.634. The van der Waals surface area contributed by atoms with E-state index in [9.17, 15) is 9.59 Å². The first-order valence-electron chi connectivity index (χ1n) is 9.85. The number of hydrogen-bond donors (Lipinski definition) is 3. The molecule has 2 aliphatic carbocycles. The van der Waals surface area contributed by atoms with Crippen molar-refractivity contribution in [2.45, 2.75) is 52.4 Å². The second-order valence-corrected chi connectivity index (χ2v) is 8.09. The van der Waals surface area contributed by atoms with Crippen molar-refractivity contribution >= 4 is 29.9 Å². The molecule has 0 aromatic heterocycles. The van der Waals surface area contributed by atoms with Gasteiger partial charge < -0.3 is 16.0 Å². The Hall–Kier alpha value is -1.59. The van der Waals surface area contributed by atoms with Gasteiger partial charge in [0.1, 0.15) is 0 Å². The van der Waals surface area contributed by atoms with Gasteiger partial charge >= 0.3 is 0 Å². The van der Waals surface area contributed by atoms with Gasteiger partial charge in [-0.3, -0.25) is 9.59 Å². The molecular weight excluding hydrogens is 362 g/mol. The zero-order valence-electron chi connectivity index (χ0n) is 16.4. The molecule has 0 spiro atoms. The smallest absolute Gasteiger partial charge is 0.233 e. The minimum Gasteiger partial charge on any atom is -0.354 e. The van der Waals surface area contributed by atoms with Crippen molar-refractivity contribution in [3.8, 4) is 0 Å². The third-order valence-electron chi connectivity index (χ3n) is 5.85. The van der Waals surface area contributed by atoms with Crippen molar-refractivity contribution in [2.75, 3.05) is 25.0 Å². The number of halogens is 1. The van der Waals surface area contributed by atoms with Crippen molar-refractivity contribution in [2.24, 2.45) is 11.3 Å². The Balaban J connectivity index is 0.00000261. The first kappa shape index (κ1) is 21.7. The van der Waals surface area contributed by atoms with Gasteiger partial charge in [0.25, 0.3) is 0 Å². The minimum atomic E-state index is -0.481. The van der Waals surface area contributed by atoms with Crippen molar-refractivity contribution < 1.29 is 9.59 Å². The summed E-state index contributed by atoms with van der Waals surface area (Å²) in [5, 5.41) is 9.26. The second kappa shape index (κ2) is 9.56. The first-order valence-corrected chi connectivity index (χ1v) is 9.85. The van der Waals surface area contributed by atoms with Crippen LogP contribution in [0.15, 0.2) is 18.2 Å². The Morgan fingerprint density at radius 1 is 1.11 bits per heavy atom. The number of nitrogens with one attached hydrogen (secondary N) is 3. The highest BCUT2D eigenvalue weighted by molar-refractivity contribution is 5.96. The van der Waals surface area contributed by atoms with Gasteiger partial charge in [-0.05, 0) is 75.3 Å². The summed E-state index contributed by atoms with van der Waals surface area (Å²) in [5.74, 6) is 0.771. The molecule has 0 bridgehead atoms. The lowest BCUT2D eigenvalue weighted by Gasteiger charge is -2.28. The van der Waals surface area contributed by atoms with E-state index in [4.69, 9.17) is 0 Å². The van der Waals surface area contributed by atoms with E-state index in [1.165, 1.54) is 24.0 Å². The highest BCUT2D eigenvalue weighted by Gasteiger charge is 2.41. The van der Waals surface area contributed by atoms with Crippen LogP contribution in [-0.2, 0) is 9.59 Å². The Bertz CT molecular complexity index is 667. The summed E-state index contributed by atoms with van der Waals surface area (Å²) in [4.78, 5) is 25.1. The maximum Gasteiger partial charge on any atom is 0.233 e. The summed E-state index contributed by atoms with van der Waals surface area (Å²) in [6.07, 6.45) is 6.29. The molecular formula is C21H32ClN3O2. The van der Waals surface area contributed by atoms with E-state index >= 15 is 0 Å². The molecule has 1 aromatic carbocycles. The van der Waals surface area contributed by atoms with Crippen LogP contribution in [0, 0.1) is 25.2 Å². The van der Waals surface area contributed by atoms with Crippen molar-refractivity contribution in [3.05, 3.63) is 29.3 Å². The Labute approximate surface area is 168 Å². The van der Waals surface area contributed by atoms with Crippen LogP contribution in [0.1, 0.15) is 49.7 Å². The zero-order valence-corrected chi connectivity index (χ0v) is 17.2. The van der Waals surface area contributed by atoms with E-state index in [2.05, 4.69) is 22.9 Å². The molecule has 0 aliphatic heterocycles. The molecule has 0 heterocycles. The fraction of sp³-hybridized carbons (Fsp3) is 0.619. The molecule has 2 saturated carbocycles. The number of amides is 2. The van der Waals surface area contributed by atoms with Crippen LogP contribution in [0.4, 0.5) is 5.69 Å². The SMILES string of the molecule is Cc1ccc(NC(=O)C2(CNC(=O)CNCC3CC3)CCCC2)cc1C.Cl. The average Bonchev–Trinajstić information content (AvgIpc) is 3.31. The summed E-state index contributed by atoms with van der Waals surface area (Å²) in [6.45, 7) is 5.79. The Morgan fingerprint density at radius 3 is 2.44 bits per heavy atom. The fourth-order valence-corrected chi connectivity index (χ4v) is 3.66. The van der Waals surface area contributed by atoms with Crippen molar-refractivity contribution in [1.82, 2.24) is 10.6 Å². The molecule has 2 aliphatic rings. The van der Waals surface area contributed by atoms with Gasteiger partial charge in [-0.2, -0.15) is 0 Å². The Kier molecular flexibility index (Phi) is 7.68. The van der Waals surface area contributed by atoms with Crippen LogP contribution in [0.2, 0.25) is 0 Å². The maximum atomic E-state index is 13.0. The predicted octanol–water partition coefficient (Wildman–Crippen LogP) is 3.34. The third-order valence-corrected chi connectivity index (χ3v) is 5.85. The third kappa shape index (κ3) is 5.94. The normalized spacial score (nSPS) is 17.9. The number of anilines is 1. The van der Waals surface area contributed by atoms with Crippen LogP contribution >= 0.6 is 12.4 Å². The zero-order chi connectivity index (χ0) is 18.6. The fourth-order valence-electron chi connectivity index (χ4n) is 3.66. The van der Waals surface area contributed by atoms with Gasteiger partial charge in [0.05, 0.1) is 12.0 Å². The molecule has 0 unspecified atom stereocenters. The van der Waals surface area contributed by atoms with E-state index in [0.717, 1.165) is 43.8 Å². The van der Waals surface area contributed by atoms with E-state index in [-0.39, 0.29) is 24.2 Å². The second-order valence-electron chi connectivity index (χ2n) is 8.09. The lowest BCUT2D eigenvalue weighted by Crippen LogP contribution is -2.46. The van der Waals surface area contributed by atoms with Crippen molar-refractivity contribution in [3.63, 3.8) is 0 Å². The molecule has 1 aromatic rings. The molecule has 150 valence electrons. The maximum absolute atomic E-state index is 13.0. The summed E-state index contributed by atoms with van der Waals surface area (Å²) in [5.41, 5.74) is 2.73. The predicted molar refractivity (Wildman–Crippen MR) is 111 cm³/mol. The summed E-state index contributed by atoms with van der Waals surface area (Å²) in [6, 6.07) is 5.99. The monoisotopic (exact) mass is 393 g/mol. The molecule has 0 saturated heterocycles. The molecule has 0 radical (unpaired) electrons. The molecule has 2 amide bonds. The Morgan fingerprint density at radius 2 is 1.81 bits per heavy atom. The largest absolute Gasteiger partial charge is 0.354 e. The van der Waals surface area contributed by atoms with Gasteiger partial charge in [-0.25, -0.2) is 0 Å². The first-order chi connectivity index (χ1) is 12.5.